The molecule has 4 nitrogen and oxygen atoms in total. The van der Waals surface area contributed by atoms with Crippen molar-refractivity contribution in [3.8, 4) is 0 Å². The molecule has 1 aromatic carbocycles. The van der Waals surface area contributed by atoms with Crippen molar-refractivity contribution in [1.82, 2.24) is 0 Å². The Balaban J connectivity index is 2.93. The number of hydrogen-bond acceptors (Lipinski definition) is 4. The Hall–Kier alpha value is -1.91. The molecule has 1 aromatic rings. The first-order chi connectivity index (χ1) is 9.73. The lowest BCUT2D eigenvalue weighted by Crippen LogP contribution is -2.16. The fourth-order valence-electron chi connectivity index (χ4n) is 1.81. The van der Waals surface area contributed by atoms with Gasteiger partial charge < -0.3 is 4.74 Å². The molecule has 0 aromatic heterocycles. The number of nitrogens with one attached hydrogen (secondary N) is 1. The molecule has 0 unspecified atom stereocenters. The van der Waals surface area contributed by atoms with Gasteiger partial charge in [0.1, 0.15) is 11.5 Å². The molecule has 0 spiro atoms. The van der Waals surface area contributed by atoms with E-state index >= 15 is 0 Å². The van der Waals surface area contributed by atoms with E-state index < -0.39 is 5.97 Å². The summed E-state index contributed by atoms with van der Waals surface area (Å²) in [5.41, 5.74) is 4.58. The van der Waals surface area contributed by atoms with Gasteiger partial charge in [0, 0.05) is 0 Å². The normalized spacial score (nSPS) is 12.2. The zero-order chi connectivity index (χ0) is 16.0. The van der Waals surface area contributed by atoms with Crippen LogP contribution in [0.1, 0.15) is 40.2 Å². The summed E-state index contributed by atoms with van der Waals surface area (Å²) in [7, 11) is 0. The van der Waals surface area contributed by atoms with E-state index in [1.54, 1.807) is 19.9 Å². The van der Waals surface area contributed by atoms with Gasteiger partial charge in [-0.1, -0.05) is 20.8 Å². The number of nitrogens with zero attached hydrogens (tertiary/aromatic N) is 1. The van der Waals surface area contributed by atoms with Gasteiger partial charge in [-0.3, -0.25) is 5.43 Å². The fraction of sp³-hybridized carbons (Fsp3) is 0.500. The number of carbonyl (C=O) groups is 1. The summed E-state index contributed by atoms with van der Waals surface area (Å²) in [6, 6.07) is 4.48. The van der Waals surface area contributed by atoms with Crippen molar-refractivity contribution in [3.63, 3.8) is 0 Å². The second-order valence-electron chi connectivity index (χ2n) is 6.07. The van der Waals surface area contributed by atoms with Crippen LogP contribution in [0.5, 0.6) is 0 Å². The molecule has 1 N–H and O–H groups in total. The first-order valence-corrected chi connectivity index (χ1v) is 6.99. The van der Waals surface area contributed by atoms with Gasteiger partial charge in [-0.05, 0) is 49.4 Å². The van der Waals surface area contributed by atoms with Gasteiger partial charge in [-0.25, -0.2) is 9.18 Å². The Labute approximate surface area is 125 Å². The van der Waals surface area contributed by atoms with Crippen molar-refractivity contribution in [3.05, 3.63) is 29.6 Å². The first kappa shape index (κ1) is 17.1. The molecule has 0 bridgehead atoms. The lowest BCUT2D eigenvalue weighted by molar-refractivity contribution is -0.135. The van der Waals surface area contributed by atoms with Gasteiger partial charge in [-0.2, -0.15) is 5.10 Å². The van der Waals surface area contributed by atoms with Gasteiger partial charge >= 0.3 is 5.97 Å². The number of benzene rings is 1. The molecule has 0 aliphatic heterocycles. The van der Waals surface area contributed by atoms with Crippen molar-refractivity contribution < 1.29 is 13.9 Å². The molecule has 0 aliphatic rings. The van der Waals surface area contributed by atoms with Crippen LogP contribution < -0.4 is 5.43 Å². The molecule has 116 valence electrons. The number of anilines is 1. The highest BCUT2D eigenvalue weighted by Crippen LogP contribution is 2.26. The predicted molar refractivity (Wildman–Crippen MR) is 82.9 cm³/mol. The largest absolute Gasteiger partial charge is 0.461 e. The summed E-state index contributed by atoms with van der Waals surface area (Å²) in [6.07, 6.45) is 0.696. The molecule has 0 radical (unpaired) electrons. The third-order valence-electron chi connectivity index (χ3n) is 2.70. The van der Waals surface area contributed by atoms with E-state index in [2.05, 4.69) is 31.3 Å². The minimum absolute atomic E-state index is 0.0180. The molecule has 5 heteroatoms. The van der Waals surface area contributed by atoms with E-state index in [0.29, 0.717) is 18.7 Å². The minimum Gasteiger partial charge on any atom is -0.461 e. The van der Waals surface area contributed by atoms with Crippen LogP contribution in [0.2, 0.25) is 0 Å². The minimum atomic E-state index is -0.468. The lowest BCUT2D eigenvalue weighted by Gasteiger charge is -2.20. The highest BCUT2D eigenvalue weighted by atomic mass is 19.1. The van der Waals surface area contributed by atoms with Crippen LogP contribution in [0.25, 0.3) is 0 Å². The van der Waals surface area contributed by atoms with Crippen molar-refractivity contribution in [2.24, 2.45) is 10.5 Å². The summed E-state index contributed by atoms with van der Waals surface area (Å²) in [6.45, 7) is 9.84. The van der Waals surface area contributed by atoms with Crippen LogP contribution in [0.3, 0.4) is 0 Å². The van der Waals surface area contributed by atoms with E-state index in [0.717, 1.165) is 5.56 Å². The second-order valence-corrected chi connectivity index (χ2v) is 6.07. The molecule has 0 amide bonds. The quantitative estimate of drug-likeness (QED) is 0.511. The SMILES string of the molecule is CCOC(=O)/C(C)=N/Nc1ccc(F)cc1CC(C)(C)C. The number of hydrazone groups is 1. The number of rotatable bonds is 5. The maximum atomic E-state index is 13.4. The van der Waals surface area contributed by atoms with E-state index in [1.165, 1.54) is 12.1 Å². The maximum Gasteiger partial charge on any atom is 0.354 e. The highest BCUT2D eigenvalue weighted by molar-refractivity contribution is 6.35. The Morgan fingerprint density at radius 2 is 2.05 bits per heavy atom. The summed E-state index contributed by atoms with van der Waals surface area (Å²) in [4.78, 5) is 11.5. The molecule has 0 fully saturated rings. The Kier molecular flexibility index (Phi) is 5.88. The average Bonchev–Trinajstić information content (AvgIpc) is 2.35. The van der Waals surface area contributed by atoms with Gasteiger partial charge in [-0.15, -0.1) is 0 Å². The monoisotopic (exact) mass is 294 g/mol. The van der Waals surface area contributed by atoms with Crippen molar-refractivity contribution in [2.75, 3.05) is 12.0 Å². The summed E-state index contributed by atoms with van der Waals surface area (Å²) in [5, 5.41) is 4.00. The standard InChI is InChI=1S/C16H23FN2O2/c1-6-21-15(20)11(2)18-19-14-8-7-13(17)9-12(14)10-16(3,4)5/h7-9,19H,6,10H2,1-5H3/b18-11+. The molecule has 0 saturated carbocycles. The molecular weight excluding hydrogens is 271 g/mol. The molecule has 21 heavy (non-hydrogen) atoms. The first-order valence-electron chi connectivity index (χ1n) is 6.99. The van der Waals surface area contributed by atoms with Crippen LogP contribution in [0.4, 0.5) is 10.1 Å². The summed E-state index contributed by atoms with van der Waals surface area (Å²) in [5.74, 6) is -0.754. The fourth-order valence-corrected chi connectivity index (χ4v) is 1.81. The van der Waals surface area contributed by atoms with Crippen LogP contribution >= 0.6 is 0 Å². The molecule has 0 atom stereocenters. The summed E-state index contributed by atoms with van der Waals surface area (Å²) < 4.78 is 18.3. The zero-order valence-electron chi connectivity index (χ0n) is 13.3. The van der Waals surface area contributed by atoms with Gasteiger partial charge in [0.15, 0.2) is 0 Å². The number of esters is 1. The predicted octanol–water partition coefficient (Wildman–Crippen LogP) is 3.77. The number of ether oxygens (including phenoxy) is 1. The van der Waals surface area contributed by atoms with Crippen LogP contribution in [-0.4, -0.2) is 18.3 Å². The number of halogens is 1. The van der Waals surface area contributed by atoms with Crippen LogP contribution in [0.15, 0.2) is 23.3 Å². The Morgan fingerprint density at radius 3 is 2.62 bits per heavy atom. The molecule has 0 heterocycles. The molecule has 1 rings (SSSR count). The third kappa shape index (κ3) is 5.94. The lowest BCUT2D eigenvalue weighted by atomic mass is 9.87. The molecule has 0 saturated heterocycles. The summed E-state index contributed by atoms with van der Waals surface area (Å²) >= 11 is 0. The van der Waals surface area contributed by atoms with E-state index in [4.69, 9.17) is 4.74 Å². The molecular formula is C16H23FN2O2. The second kappa shape index (κ2) is 7.20. The van der Waals surface area contributed by atoms with Crippen LogP contribution in [-0.2, 0) is 16.0 Å². The smallest absolute Gasteiger partial charge is 0.354 e. The average molecular weight is 294 g/mol. The van der Waals surface area contributed by atoms with Gasteiger partial charge in [0.2, 0.25) is 0 Å². The van der Waals surface area contributed by atoms with Crippen LogP contribution in [0, 0.1) is 11.2 Å². The molecule has 0 aliphatic carbocycles. The van der Waals surface area contributed by atoms with Crippen molar-refractivity contribution in [1.29, 1.82) is 0 Å². The Morgan fingerprint density at radius 1 is 1.38 bits per heavy atom. The van der Waals surface area contributed by atoms with E-state index in [9.17, 15) is 9.18 Å². The highest BCUT2D eigenvalue weighted by Gasteiger charge is 2.15. The zero-order valence-corrected chi connectivity index (χ0v) is 13.3. The van der Waals surface area contributed by atoms with Crippen molar-refractivity contribution in [2.45, 2.75) is 41.0 Å². The van der Waals surface area contributed by atoms with E-state index in [-0.39, 0.29) is 16.9 Å². The topological polar surface area (TPSA) is 50.7 Å². The third-order valence-corrected chi connectivity index (χ3v) is 2.70. The Bertz CT molecular complexity index is 534. The maximum absolute atomic E-state index is 13.4. The van der Waals surface area contributed by atoms with E-state index in [1.807, 2.05) is 0 Å². The van der Waals surface area contributed by atoms with Gasteiger partial charge in [0.05, 0.1) is 12.3 Å². The number of carbonyl (C=O) groups excluding carboxylic acids is 1. The number of hydrogen-bond donors (Lipinski definition) is 1. The van der Waals surface area contributed by atoms with Crippen molar-refractivity contribution >= 4 is 17.4 Å². The van der Waals surface area contributed by atoms with Gasteiger partial charge in [0.25, 0.3) is 0 Å².